The second kappa shape index (κ2) is 8.33. The highest BCUT2D eigenvalue weighted by Crippen LogP contribution is 2.29. The highest BCUT2D eigenvalue weighted by molar-refractivity contribution is 7.90. The molecule has 0 saturated carbocycles. The van der Waals surface area contributed by atoms with Gasteiger partial charge < -0.3 is 16.5 Å². The fraction of sp³-hybridized carbons (Fsp3) is 0.200. The predicted octanol–water partition coefficient (Wildman–Crippen LogP) is 0.311. The number of aromatic nitrogens is 1. The Morgan fingerprint density at radius 2 is 1.70 bits per heavy atom. The molecule has 0 fully saturated rings. The van der Waals surface area contributed by atoms with Crippen molar-refractivity contribution in [1.82, 2.24) is 4.98 Å². The number of guanidine groups is 1. The van der Waals surface area contributed by atoms with Crippen LogP contribution in [0.15, 0.2) is 40.4 Å². The van der Waals surface area contributed by atoms with E-state index in [-0.39, 0.29) is 16.4 Å². The Balaban J connectivity index is 0.000000646. The molecular weight excluding hydrogens is 396 g/mol. The molecule has 0 bridgehead atoms. The van der Waals surface area contributed by atoms with Crippen LogP contribution in [0.25, 0.3) is 11.3 Å². The number of nitrogens with zero attached hydrogens (tertiary/aromatic N) is 1. The van der Waals surface area contributed by atoms with Crippen LogP contribution in [0.4, 0.5) is 0 Å². The van der Waals surface area contributed by atoms with E-state index in [2.05, 4.69) is 9.98 Å². The van der Waals surface area contributed by atoms with Crippen LogP contribution < -0.4 is 11.5 Å². The van der Waals surface area contributed by atoms with Gasteiger partial charge in [0.1, 0.15) is 0 Å². The molecule has 1 aromatic heterocycles. The van der Waals surface area contributed by atoms with Crippen molar-refractivity contribution in [2.75, 3.05) is 12.5 Å². The molecule has 0 atom stereocenters. The summed E-state index contributed by atoms with van der Waals surface area (Å²) in [5, 5.41) is 0. The van der Waals surface area contributed by atoms with Gasteiger partial charge in [0, 0.05) is 29.3 Å². The molecule has 0 radical (unpaired) electrons. The maximum absolute atomic E-state index is 12.0. The van der Waals surface area contributed by atoms with Crippen molar-refractivity contribution in [2.45, 2.75) is 11.8 Å². The van der Waals surface area contributed by atoms with E-state index in [4.69, 9.17) is 16.0 Å². The normalized spacial score (nSPS) is 11.3. The second-order valence-corrected chi connectivity index (χ2v) is 9.04. The number of carbonyl (C=O) groups excluding carboxylic acids is 1. The van der Waals surface area contributed by atoms with E-state index in [9.17, 15) is 21.6 Å². The molecule has 27 heavy (non-hydrogen) atoms. The number of hydrogen-bond donors (Lipinski definition) is 4. The SMILES string of the molecule is CS(=O)(=O)O.Cc1cc(-c2ccc[nH]2)c(S(C)(=O)=O)cc1C(=O)N=C(N)N. The lowest BCUT2D eigenvalue weighted by Crippen LogP contribution is -2.24. The number of benzene rings is 1. The smallest absolute Gasteiger partial charge is 0.280 e. The van der Waals surface area contributed by atoms with Crippen LogP contribution >= 0.6 is 0 Å². The third-order valence-corrected chi connectivity index (χ3v) is 4.21. The highest BCUT2D eigenvalue weighted by atomic mass is 32.2. The number of nitrogens with one attached hydrogen (secondary N) is 1. The molecule has 2 aromatic rings. The van der Waals surface area contributed by atoms with Gasteiger partial charge in [-0.05, 0) is 36.8 Å². The van der Waals surface area contributed by atoms with Gasteiger partial charge in [0.2, 0.25) is 0 Å². The summed E-state index contributed by atoms with van der Waals surface area (Å²) in [6.45, 7) is 1.69. The van der Waals surface area contributed by atoms with E-state index in [1.807, 2.05) is 0 Å². The molecule has 2 rings (SSSR count). The molecule has 10 nitrogen and oxygen atoms in total. The third kappa shape index (κ3) is 7.21. The van der Waals surface area contributed by atoms with Crippen molar-refractivity contribution in [3.05, 3.63) is 41.6 Å². The number of carbonyl (C=O) groups is 1. The molecule has 0 spiro atoms. The molecule has 0 unspecified atom stereocenters. The van der Waals surface area contributed by atoms with Gasteiger partial charge >= 0.3 is 0 Å². The Hall–Kier alpha value is -2.70. The Morgan fingerprint density at radius 1 is 1.15 bits per heavy atom. The summed E-state index contributed by atoms with van der Waals surface area (Å²) in [5.74, 6) is -1.06. The number of aliphatic imine (C=N–C) groups is 1. The zero-order chi connectivity index (χ0) is 21.0. The standard InChI is InChI=1S/C14H16N4O3S.CH4O3S/c1-8-6-10(11-4-3-5-17-11)12(22(2,20)21)7-9(8)13(19)18-14(15)16;1-5(2,3)4/h3-7,17H,1-2H3,(H4,15,16,18,19);1H3,(H,2,3,4). The Kier molecular flexibility index (Phi) is 6.89. The summed E-state index contributed by atoms with van der Waals surface area (Å²) in [7, 11) is -7.21. The lowest BCUT2D eigenvalue weighted by molar-refractivity contribution is 0.100. The zero-order valence-electron chi connectivity index (χ0n) is 14.8. The van der Waals surface area contributed by atoms with Gasteiger partial charge in [0.15, 0.2) is 15.8 Å². The molecule has 0 saturated heterocycles. The first kappa shape index (κ1) is 22.3. The summed E-state index contributed by atoms with van der Waals surface area (Å²) in [5.41, 5.74) is 12.2. The maximum Gasteiger partial charge on any atom is 0.280 e. The number of hydrogen-bond acceptors (Lipinski definition) is 5. The van der Waals surface area contributed by atoms with Gasteiger partial charge in [0.25, 0.3) is 16.0 Å². The Bertz CT molecular complexity index is 1060. The first-order chi connectivity index (χ1) is 12.2. The Labute approximate surface area is 157 Å². The van der Waals surface area contributed by atoms with Crippen LogP contribution in [0.3, 0.4) is 0 Å². The quantitative estimate of drug-likeness (QED) is 0.312. The summed E-state index contributed by atoms with van der Waals surface area (Å²) < 4.78 is 50.0. The fourth-order valence-corrected chi connectivity index (χ4v) is 3.01. The lowest BCUT2D eigenvalue weighted by atomic mass is 10.0. The van der Waals surface area contributed by atoms with Crippen molar-refractivity contribution < 1.29 is 26.2 Å². The predicted molar refractivity (Wildman–Crippen MR) is 102 cm³/mol. The molecule has 0 aliphatic heterocycles. The van der Waals surface area contributed by atoms with Crippen molar-refractivity contribution in [2.24, 2.45) is 16.5 Å². The number of rotatable bonds is 3. The summed E-state index contributed by atoms with van der Waals surface area (Å²) >= 11 is 0. The topological polar surface area (TPSA) is 186 Å². The van der Waals surface area contributed by atoms with Gasteiger partial charge in [-0.25, -0.2) is 8.42 Å². The van der Waals surface area contributed by atoms with Crippen molar-refractivity contribution >= 4 is 31.8 Å². The van der Waals surface area contributed by atoms with Crippen LogP contribution in [0.1, 0.15) is 15.9 Å². The van der Waals surface area contributed by atoms with E-state index in [1.54, 1.807) is 31.3 Å². The highest BCUT2D eigenvalue weighted by Gasteiger charge is 2.20. The van der Waals surface area contributed by atoms with Gasteiger partial charge in [-0.1, -0.05) is 0 Å². The summed E-state index contributed by atoms with van der Waals surface area (Å²) in [6.07, 6.45) is 3.49. The average Bonchev–Trinajstić information content (AvgIpc) is 2.96. The van der Waals surface area contributed by atoms with E-state index in [0.29, 0.717) is 23.1 Å². The monoisotopic (exact) mass is 416 g/mol. The molecule has 148 valence electrons. The molecule has 0 aliphatic carbocycles. The van der Waals surface area contributed by atoms with E-state index in [0.717, 1.165) is 6.26 Å². The van der Waals surface area contributed by atoms with Crippen LogP contribution in [-0.4, -0.2) is 50.8 Å². The molecule has 6 N–H and O–H groups in total. The fourth-order valence-electron chi connectivity index (χ4n) is 2.11. The minimum absolute atomic E-state index is 0.0368. The third-order valence-electron chi connectivity index (χ3n) is 3.08. The van der Waals surface area contributed by atoms with Crippen molar-refractivity contribution in [3.63, 3.8) is 0 Å². The number of aryl methyl sites for hydroxylation is 1. The lowest BCUT2D eigenvalue weighted by Gasteiger charge is -2.11. The van der Waals surface area contributed by atoms with Crippen LogP contribution in [-0.2, 0) is 20.0 Å². The van der Waals surface area contributed by atoms with Crippen LogP contribution in [0.2, 0.25) is 0 Å². The first-order valence-electron chi connectivity index (χ1n) is 7.25. The number of sulfone groups is 1. The minimum Gasteiger partial charge on any atom is -0.370 e. The summed E-state index contributed by atoms with van der Waals surface area (Å²) in [4.78, 5) is 18.5. The number of H-pyrrole nitrogens is 1. The van der Waals surface area contributed by atoms with Gasteiger partial charge in [-0.15, -0.1) is 0 Å². The van der Waals surface area contributed by atoms with E-state index < -0.39 is 25.9 Å². The first-order valence-corrected chi connectivity index (χ1v) is 11.0. The molecule has 1 heterocycles. The number of nitrogens with two attached hydrogens (primary N) is 2. The van der Waals surface area contributed by atoms with Crippen molar-refractivity contribution in [1.29, 1.82) is 0 Å². The molecule has 12 heteroatoms. The number of aromatic amines is 1. The largest absolute Gasteiger partial charge is 0.370 e. The molecule has 1 amide bonds. The van der Waals surface area contributed by atoms with Crippen LogP contribution in [0, 0.1) is 6.92 Å². The zero-order valence-corrected chi connectivity index (χ0v) is 16.4. The van der Waals surface area contributed by atoms with Gasteiger partial charge in [0.05, 0.1) is 11.2 Å². The van der Waals surface area contributed by atoms with Gasteiger partial charge in [-0.2, -0.15) is 13.4 Å². The van der Waals surface area contributed by atoms with E-state index in [1.165, 1.54) is 6.07 Å². The average molecular weight is 416 g/mol. The molecular formula is C15H20N4O6S2. The van der Waals surface area contributed by atoms with Crippen molar-refractivity contribution in [3.8, 4) is 11.3 Å². The van der Waals surface area contributed by atoms with Crippen LogP contribution in [0.5, 0.6) is 0 Å². The minimum atomic E-state index is -3.67. The number of amides is 1. The van der Waals surface area contributed by atoms with E-state index >= 15 is 0 Å². The molecule has 0 aliphatic rings. The second-order valence-electron chi connectivity index (χ2n) is 5.59. The maximum atomic E-state index is 12.0. The van der Waals surface area contributed by atoms with Gasteiger partial charge in [-0.3, -0.25) is 9.35 Å². The Morgan fingerprint density at radius 3 is 2.11 bits per heavy atom. The molecule has 1 aromatic carbocycles. The summed E-state index contributed by atoms with van der Waals surface area (Å²) in [6, 6.07) is 6.43.